The highest BCUT2D eigenvalue weighted by atomic mass is 16.5. The zero-order chi connectivity index (χ0) is 11.3. The molecule has 1 atom stereocenters. The van der Waals surface area contributed by atoms with Crippen LogP contribution in [0.5, 0.6) is 11.5 Å². The molecule has 0 spiro atoms. The Morgan fingerprint density at radius 3 is 2.53 bits per heavy atom. The molecule has 3 N–H and O–H groups in total. The smallest absolute Gasteiger partial charge is 0.127 e. The minimum absolute atomic E-state index is 0.103. The van der Waals surface area contributed by atoms with E-state index in [4.69, 9.17) is 15.2 Å². The summed E-state index contributed by atoms with van der Waals surface area (Å²) in [5.74, 6) is 1.57. The third kappa shape index (κ3) is 2.61. The Labute approximate surface area is 90.4 Å². The maximum absolute atomic E-state index is 5.66. The van der Waals surface area contributed by atoms with Crippen LogP contribution in [0.25, 0.3) is 0 Å². The summed E-state index contributed by atoms with van der Waals surface area (Å²) in [6.07, 6.45) is 0. The summed E-state index contributed by atoms with van der Waals surface area (Å²) < 4.78 is 10.4. The highest BCUT2D eigenvalue weighted by Crippen LogP contribution is 2.28. The van der Waals surface area contributed by atoms with Gasteiger partial charge in [-0.3, -0.25) is 0 Å². The molecule has 0 aliphatic carbocycles. The maximum Gasteiger partial charge on any atom is 0.127 e. The zero-order valence-electron chi connectivity index (χ0n) is 9.41. The first-order valence-corrected chi connectivity index (χ1v) is 4.86. The fourth-order valence-electron chi connectivity index (χ4n) is 1.51. The number of nitrogens with two attached hydrogens (primary N) is 1. The molecule has 0 heterocycles. The van der Waals surface area contributed by atoms with E-state index in [0.717, 1.165) is 17.1 Å². The van der Waals surface area contributed by atoms with Gasteiger partial charge in [0.1, 0.15) is 11.5 Å². The molecule has 84 valence electrons. The van der Waals surface area contributed by atoms with Crippen molar-refractivity contribution in [3.8, 4) is 11.5 Å². The number of methoxy groups -OCH3 is 2. The van der Waals surface area contributed by atoms with Gasteiger partial charge in [0.2, 0.25) is 0 Å². The SMILES string of the molecule is CNC(CN)c1ccc(OC)cc1OC. The van der Waals surface area contributed by atoms with Crippen molar-refractivity contribution in [2.45, 2.75) is 6.04 Å². The van der Waals surface area contributed by atoms with Crippen molar-refractivity contribution in [3.05, 3.63) is 23.8 Å². The van der Waals surface area contributed by atoms with E-state index in [0.29, 0.717) is 6.54 Å². The van der Waals surface area contributed by atoms with Crippen molar-refractivity contribution >= 4 is 0 Å². The fraction of sp³-hybridized carbons (Fsp3) is 0.455. The van der Waals surface area contributed by atoms with Gasteiger partial charge in [-0.05, 0) is 13.1 Å². The zero-order valence-corrected chi connectivity index (χ0v) is 9.41. The van der Waals surface area contributed by atoms with Crippen LogP contribution in [0.4, 0.5) is 0 Å². The van der Waals surface area contributed by atoms with E-state index in [-0.39, 0.29) is 6.04 Å². The van der Waals surface area contributed by atoms with Gasteiger partial charge >= 0.3 is 0 Å². The first-order valence-electron chi connectivity index (χ1n) is 4.86. The molecular weight excluding hydrogens is 192 g/mol. The number of ether oxygens (including phenoxy) is 2. The van der Waals surface area contributed by atoms with Gasteiger partial charge in [-0.1, -0.05) is 6.07 Å². The summed E-state index contributed by atoms with van der Waals surface area (Å²) in [6, 6.07) is 5.82. The number of hydrogen-bond acceptors (Lipinski definition) is 4. The van der Waals surface area contributed by atoms with Gasteiger partial charge in [0.15, 0.2) is 0 Å². The molecule has 0 radical (unpaired) electrons. The predicted molar refractivity (Wildman–Crippen MR) is 60.4 cm³/mol. The Bertz CT molecular complexity index is 311. The highest BCUT2D eigenvalue weighted by Gasteiger charge is 2.13. The molecule has 1 aromatic rings. The summed E-state index contributed by atoms with van der Waals surface area (Å²) in [6.45, 7) is 0.527. The average Bonchev–Trinajstić information content (AvgIpc) is 2.31. The van der Waals surface area contributed by atoms with Crippen LogP contribution in [0.2, 0.25) is 0 Å². The van der Waals surface area contributed by atoms with E-state index in [1.165, 1.54) is 0 Å². The number of nitrogens with one attached hydrogen (secondary N) is 1. The molecule has 4 heteroatoms. The molecule has 0 amide bonds. The van der Waals surface area contributed by atoms with E-state index in [1.807, 2.05) is 25.2 Å². The Morgan fingerprint density at radius 1 is 1.33 bits per heavy atom. The molecule has 0 aliphatic heterocycles. The molecular formula is C11H18N2O2. The third-order valence-electron chi connectivity index (χ3n) is 2.40. The summed E-state index contributed by atoms with van der Waals surface area (Å²) >= 11 is 0. The number of benzene rings is 1. The monoisotopic (exact) mass is 210 g/mol. The number of likely N-dealkylation sites (N-methyl/N-ethyl adjacent to an activating group) is 1. The highest BCUT2D eigenvalue weighted by molar-refractivity contribution is 5.42. The third-order valence-corrected chi connectivity index (χ3v) is 2.40. The van der Waals surface area contributed by atoms with E-state index in [9.17, 15) is 0 Å². The maximum atomic E-state index is 5.66. The first-order chi connectivity index (χ1) is 7.26. The van der Waals surface area contributed by atoms with E-state index in [2.05, 4.69) is 5.32 Å². The lowest BCUT2D eigenvalue weighted by molar-refractivity contribution is 0.386. The van der Waals surface area contributed by atoms with Crippen LogP contribution < -0.4 is 20.5 Å². The summed E-state index contributed by atoms with van der Waals surface area (Å²) in [4.78, 5) is 0. The summed E-state index contributed by atoms with van der Waals surface area (Å²) in [5.41, 5.74) is 6.70. The molecule has 1 unspecified atom stereocenters. The molecule has 0 aliphatic rings. The van der Waals surface area contributed by atoms with Gasteiger partial charge in [-0.2, -0.15) is 0 Å². The van der Waals surface area contributed by atoms with Crippen LogP contribution in [0.1, 0.15) is 11.6 Å². The molecule has 0 fully saturated rings. The minimum atomic E-state index is 0.103. The van der Waals surface area contributed by atoms with Gasteiger partial charge in [-0.15, -0.1) is 0 Å². The minimum Gasteiger partial charge on any atom is -0.497 e. The Morgan fingerprint density at radius 2 is 2.07 bits per heavy atom. The lowest BCUT2D eigenvalue weighted by Gasteiger charge is -2.18. The van der Waals surface area contributed by atoms with Gasteiger partial charge in [0, 0.05) is 24.2 Å². The molecule has 1 aromatic carbocycles. The van der Waals surface area contributed by atoms with Gasteiger partial charge in [-0.25, -0.2) is 0 Å². The molecule has 1 rings (SSSR count). The molecule has 15 heavy (non-hydrogen) atoms. The molecule has 4 nitrogen and oxygen atoms in total. The van der Waals surface area contributed by atoms with Crippen LogP contribution in [0, 0.1) is 0 Å². The van der Waals surface area contributed by atoms with E-state index < -0.39 is 0 Å². The quantitative estimate of drug-likeness (QED) is 0.759. The Kier molecular flexibility index (Phi) is 4.39. The Hall–Kier alpha value is -1.26. The van der Waals surface area contributed by atoms with Crippen molar-refractivity contribution in [2.24, 2.45) is 5.73 Å². The van der Waals surface area contributed by atoms with Crippen LogP contribution in [-0.4, -0.2) is 27.8 Å². The van der Waals surface area contributed by atoms with Crippen LogP contribution >= 0.6 is 0 Å². The molecule has 0 bridgehead atoms. The van der Waals surface area contributed by atoms with E-state index >= 15 is 0 Å². The van der Waals surface area contributed by atoms with Crippen molar-refractivity contribution in [1.82, 2.24) is 5.32 Å². The van der Waals surface area contributed by atoms with Crippen molar-refractivity contribution in [2.75, 3.05) is 27.8 Å². The number of hydrogen-bond donors (Lipinski definition) is 2. The fourth-order valence-corrected chi connectivity index (χ4v) is 1.51. The molecule has 0 saturated carbocycles. The van der Waals surface area contributed by atoms with Gasteiger partial charge in [0.05, 0.1) is 14.2 Å². The Balaban J connectivity index is 3.06. The second-order valence-corrected chi connectivity index (χ2v) is 3.18. The van der Waals surface area contributed by atoms with Crippen molar-refractivity contribution in [1.29, 1.82) is 0 Å². The largest absolute Gasteiger partial charge is 0.497 e. The van der Waals surface area contributed by atoms with E-state index in [1.54, 1.807) is 14.2 Å². The molecule has 0 aromatic heterocycles. The normalized spacial score (nSPS) is 12.3. The van der Waals surface area contributed by atoms with Crippen molar-refractivity contribution < 1.29 is 9.47 Å². The first kappa shape index (κ1) is 11.8. The van der Waals surface area contributed by atoms with Crippen molar-refractivity contribution in [3.63, 3.8) is 0 Å². The second-order valence-electron chi connectivity index (χ2n) is 3.18. The lowest BCUT2D eigenvalue weighted by atomic mass is 10.1. The number of rotatable bonds is 5. The van der Waals surface area contributed by atoms with Crippen LogP contribution in [0.15, 0.2) is 18.2 Å². The second kappa shape index (κ2) is 5.58. The van der Waals surface area contributed by atoms with Gasteiger partial charge in [0.25, 0.3) is 0 Å². The van der Waals surface area contributed by atoms with Crippen LogP contribution in [0.3, 0.4) is 0 Å². The topological polar surface area (TPSA) is 56.5 Å². The summed E-state index contributed by atoms with van der Waals surface area (Å²) in [5, 5.41) is 3.13. The molecule has 0 saturated heterocycles. The standard InChI is InChI=1S/C11H18N2O2/c1-13-10(7-12)9-5-4-8(14-2)6-11(9)15-3/h4-6,10,13H,7,12H2,1-3H3. The van der Waals surface area contributed by atoms with Gasteiger partial charge < -0.3 is 20.5 Å². The lowest BCUT2D eigenvalue weighted by Crippen LogP contribution is -2.25. The van der Waals surface area contributed by atoms with Crippen LogP contribution in [-0.2, 0) is 0 Å². The summed E-state index contributed by atoms with van der Waals surface area (Å²) in [7, 11) is 5.15. The average molecular weight is 210 g/mol. The predicted octanol–water partition coefficient (Wildman–Crippen LogP) is 0.923.